The first kappa shape index (κ1) is 34.5. The Morgan fingerprint density at radius 1 is 1.12 bits per heavy atom. The van der Waals surface area contributed by atoms with Gasteiger partial charge in [0.2, 0.25) is 11.8 Å². The number of nitrogens with one attached hydrogen (secondary N) is 2. The molecule has 8 heteroatoms. The maximum atomic E-state index is 14.1. The van der Waals surface area contributed by atoms with Crippen molar-refractivity contribution in [2.45, 2.75) is 97.8 Å². The Balaban J connectivity index is 2.27. The molecule has 1 aliphatic heterocycles. The summed E-state index contributed by atoms with van der Waals surface area (Å²) in [5.74, 6) is -0.515. The van der Waals surface area contributed by atoms with Crippen molar-refractivity contribution in [3.8, 4) is 0 Å². The van der Waals surface area contributed by atoms with Crippen molar-refractivity contribution < 1.29 is 19.1 Å². The molecule has 2 rings (SSSR count). The average Bonchev–Trinajstić information content (AvgIpc) is 3.42. The summed E-state index contributed by atoms with van der Waals surface area (Å²) in [5, 5.41) is 7.07. The Bertz CT molecular complexity index is 1060. The third kappa shape index (κ3) is 8.41. The van der Waals surface area contributed by atoms with Crippen molar-refractivity contribution in [1.29, 1.82) is 0 Å². The molecule has 0 aliphatic carbocycles. The smallest absolute Gasteiger partial charge is 0.328 e. The van der Waals surface area contributed by atoms with Crippen LogP contribution in [0.15, 0.2) is 42.0 Å². The van der Waals surface area contributed by atoms with Gasteiger partial charge in [-0.1, -0.05) is 84.9 Å². The molecular weight excluding hydrogens is 516 g/mol. The van der Waals surface area contributed by atoms with Crippen LogP contribution in [0.5, 0.6) is 0 Å². The molecule has 41 heavy (non-hydrogen) atoms. The lowest BCUT2D eigenvalue weighted by atomic mass is 9.77. The first-order valence-corrected chi connectivity index (χ1v) is 14.9. The van der Waals surface area contributed by atoms with Crippen LogP contribution >= 0.6 is 0 Å². The van der Waals surface area contributed by atoms with Gasteiger partial charge in [0.05, 0.1) is 19.2 Å². The molecule has 1 aromatic carbocycles. The van der Waals surface area contributed by atoms with E-state index in [1.807, 2.05) is 26.2 Å². The van der Waals surface area contributed by atoms with Crippen LogP contribution in [0.2, 0.25) is 0 Å². The van der Waals surface area contributed by atoms with E-state index in [0.29, 0.717) is 25.1 Å². The number of rotatable bonds is 12. The van der Waals surface area contributed by atoms with Gasteiger partial charge in [-0.2, -0.15) is 0 Å². The monoisotopic (exact) mass is 570 g/mol. The van der Waals surface area contributed by atoms with E-state index in [2.05, 4.69) is 83.4 Å². The zero-order valence-electron chi connectivity index (χ0n) is 27.2. The van der Waals surface area contributed by atoms with Gasteiger partial charge < -0.3 is 25.2 Å². The molecule has 0 saturated carbocycles. The van der Waals surface area contributed by atoms with Crippen molar-refractivity contribution in [3.63, 3.8) is 0 Å². The molecule has 0 bridgehead atoms. The number of carbonyl (C=O) groups excluding carboxylic acids is 3. The molecule has 0 unspecified atom stereocenters. The number of methoxy groups -OCH3 is 1. The summed E-state index contributed by atoms with van der Waals surface area (Å²) in [5.41, 5.74) is 1.24. The fourth-order valence-electron chi connectivity index (χ4n) is 5.83. The van der Waals surface area contributed by atoms with Crippen molar-refractivity contribution in [2.75, 3.05) is 34.3 Å². The maximum absolute atomic E-state index is 14.1. The Morgan fingerprint density at radius 3 is 2.24 bits per heavy atom. The van der Waals surface area contributed by atoms with Gasteiger partial charge in [0.15, 0.2) is 0 Å². The number of ether oxygens (including phenoxy) is 1. The summed E-state index contributed by atoms with van der Waals surface area (Å²) < 4.78 is 4.92. The van der Waals surface area contributed by atoms with Crippen LogP contribution in [-0.4, -0.2) is 86.0 Å². The molecular formula is C33H54N4O4. The molecule has 2 N–H and O–H groups in total. The summed E-state index contributed by atoms with van der Waals surface area (Å²) in [6.45, 7) is 17.6. The van der Waals surface area contributed by atoms with Crippen LogP contribution in [0.1, 0.15) is 73.8 Å². The number of amides is 2. The minimum atomic E-state index is -0.553. The van der Waals surface area contributed by atoms with Gasteiger partial charge in [-0.3, -0.25) is 9.59 Å². The number of esters is 1. The highest BCUT2D eigenvalue weighted by atomic mass is 16.5. The third-order valence-electron chi connectivity index (χ3n) is 8.60. The van der Waals surface area contributed by atoms with Crippen molar-refractivity contribution >= 4 is 17.8 Å². The van der Waals surface area contributed by atoms with Gasteiger partial charge in [-0.05, 0) is 43.7 Å². The largest absolute Gasteiger partial charge is 0.467 e. The molecule has 4 atom stereocenters. The predicted octanol–water partition coefficient (Wildman–Crippen LogP) is 4.15. The quantitative estimate of drug-likeness (QED) is 0.290. The lowest BCUT2D eigenvalue weighted by Crippen LogP contribution is -2.59. The Labute approximate surface area is 248 Å². The van der Waals surface area contributed by atoms with Crippen LogP contribution < -0.4 is 10.6 Å². The normalized spacial score (nSPS) is 18.7. The number of likely N-dealkylation sites (tertiary alicyclic amines) is 1. The van der Waals surface area contributed by atoms with Crippen LogP contribution in [0.4, 0.5) is 0 Å². The van der Waals surface area contributed by atoms with Crippen LogP contribution in [0, 0.1) is 11.3 Å². The molecule has 1 aromatic rings. The first-order valence-electron chi connectivity index (χ1n) is 14.9. The summed E-state index contributed by atoms with van der Waals surface area (Å²) >= 11 is 0. The maximum Gasteiger partial charge on any atom is 0.328 e. The van der Waals surface area contributed by atoms with Gasteiger partial charge in [0.1, 0.15) is 6.04 Å². The number of hydrogen-bond donors (Lipinski definition) is 2. The van der Waals surface area contributed by atoms with E-state index in [9.17, 15) is 14.4 Å². The molecule has 2 amide bonds. The second-order valence-electron chi connectivity index (χ2n) is 13.3. The standard InChI is InChI=1S/C33H54N4O4/c1-22(2)26(20-23(3)29(38)37-19-15-18-25(37)31(40)41-11)36(10)30(39)28(32(4,5)6)35-21-27(34-9)33(7,8)24-16-13-12-14-17-24/h12-14,16-17,20,22,25-28,34-35H,15,18-19,21H2,1-11H3/t25-,26+,27+,28+/m0/s1. The molecule has 1 saturated heterocycles. The van der Waals surface area contributed by atoms with E-state index in [4.69, 9.17) is 4.74 Å². The highest BCUT2D eigenvalue weighted by Gasteiger charge is 2.39. The molecule has 230 valence electrons. The number of nitrogens with zero attached hydrogens (tertiary/aromatic N) is 2. The van der Waals surface area contributed by atoms with E-state index in [0.717, 1.165) is 6.42 Å². The van der Waals surface area contributed by atoms with Crippen LogP contribution in [-0.2, 0) is 24.5 Å². The molecule has 1 fully saturated rings. The first-order chi connectivity index (χ1) is 19.1. The number of benzene rings is 1. The minimum Gasteiger partial charge on any atom is -0.467 e. The minimum absolute atomic E-state index is 0.0197. The van der Waals surface area contributed by atoms with E-state index < -0.39 is 12.1 Å². The van der Waals surface area contributed by atoms with Gasteiger partial charge in [0.25, 0.3) is 0 Å². The van der Waals surface area contributed by atoms with Crippen LogP contribution in [0.3, 0.4) is 0 Å². The Morgan fingerprint density at radius 2 is 1.73 bits per heavy atom. The van der Waals surface area contributed by atoms with Gasteiger partial charge >= 0.3 is 5.97 Å². The number of hydrogen-bond acceptors (Lipinski definition) is 6. The van der Waals surface area contributed by atoms with E-state index in [1.165, 1.54) is 12.7 Å². The Hall–Kier alpha value is -2.71. The fourth-order valence-corrected chi connectivity index (χ4v) is 5.83. The zero-order chi connectivity index (χ0) is 31.1. The van der Waals surface area contributed by atoms with Gasteiger partial charge in [0, 0.05) is 37.2 Å². The molecule has 8 nitrogen and oxygen atoms in total. The number of likely N-dealkylation sites (N-methyl/N-ethyl adjacent to an activating group) is 2. The molecule has 1 aliphatic rings. The second-order valence-corrected chi connectivity index (χ2v) is 13.3. The highest BCUT2D eigenvalue weighted by Crippen LogP contribution is 2.29. The predicted molar refractivity (Wildman–Crippen MR) is 165 cm³/mol. The van der Waals surface area contributed by atoms with Crippen LogP contribution in [0.25, 0.3) is 0 Å². The van der Waals surface area contributed by atoms with E-state index >= 15 is 0 Å². The second kappa shape index (κ2) is 14.5. The average molecular weight is 571 g/mol. The van der Waals surface area contributed by atoms with Gasteiger partial charge in [-0.15, -0.1) is 0 Å². The molecule has 1 heterocycles. The fraction of sp³-hybridized carbons (Fsp3) is 0.667. The van der Waals surface area contributed by atoms with Crippen molar-refractivity contribution in [1.82, 2.24) is 20.4 Å². The topological polar surface area (TPSA) is 91.0 Å². The lowest BCUT2D eigenvalue weighted by molar-refractivity contribution is -0.149. The van der Waals surface area contributed by atoms with E-state index in [1.54, 1.807) is 16.7 Å². The van der Waals surface area contributed by atoms with Crippen molar-refractivity contribution in [2.24, 2.45) is 11.3 Å². The van der Waals surface area contributed by atoms with Crippen molar-refractivity contribution in [3.05, 3.63) is 47.5 Å². The Kier molecular flexibility index (Phi) is 12.2. The van der Waals surface area contributed by atoms with Gasteiger partial charge in [-0.25, -0.2) is 4.79 Å². The summed E-state index contributed by atoms with van der Waals surface area (Å²) in [6, 6.07) is 9.21. The highest BCUT2D eigenvalue weighted by molar-refractivity contribution is 5.96. The summed E-state index contributed by atoms with van der Waals surface area (Å²) in [7, 11) is 5.13. The molecule has 0 aromatic heterocycles. The SMILES string of the molecule is CN[C@H](CN[C@H](C(=O)N(C)[C@H](C=C(C)C(=O)N1CCC[C@H]1C(=O)OC)C(C)C)C(C)(C)C)C(C)(C)c1ccccc1. The van der Waals surface area contributed by atoms with E-state index in [-0.39, 0.29) is 46.6 Å². The summed E-state index contributed by atoms with van der Waals surface area (Å²) in [6.07, 6.45) is 3.25. The molecule has 0 spiro atoms. The third-order valence-corrected chi connectivity index (χ3v) is 8.60. The number of carbonyl (C=O) groups is 3. The summed E-state index contributed by atoms with van der Waals surface area (Å²) in [4.78, 5) is 43.1. The lowest BCUT2D eigenvalue weighted by Gasteiger charge is -2.40. The zero-order valence-corrected chi connectivity index (χ0v) is 27.2. The molecule has 0 radical (unpaired) electrons.